The number of hydrogen-bond donors (Lipinski definition) is 2. The summed E-state index contributed by atoms with van der Waals surface area (Å²) >= 11 is 0.859. The lowest BCUT2D eigenvalue weighted by Gasteiger charge is -2.42. The first kappa shape index (κ1) is 16.8. The molecule has 1 heterocycles. The standard InChI is InChI=1S/C15H19N3O5S/c19-14(20)8-17(7-9-1-2-9)11-5-10(6-11)16-15(21)12-3-4-13(24-12)18(22)23/h3-4,9-11H,1-2,5-8H2,(H,16,21)(H,19,20). The van der Waals surface area contributed by atoms with Crippen LogP contribution in [0.25, 0.3) is 0 Å². The largest absolute Gasteiger partial charge is 0.480 e. The fourth-order valence-electron chi connectivity index (χ4n) is 2.96. The molecule has 0 atom stereocenters. The van der Waals surface area contributed by atoms with Gasteiger partial charge in [-0.15, -0.1) is 0 Å². The van der Waals surface area contributed by atoms with E-state index in [0.29, 0.717) is 10.8 Å². The van der Waals surface area contributed by atoms with Crippen molar-refractivity contribution in [3.8, 4) is 0 Å². The van der Waals surface area contributed by atoms with Crippen LogP contribution in [-0.2, 0) is 4.79 Å². The third-order valence-corrected chi connectivity index (χ3v) is 5.52. The minimum atomic E-state index is -0.825. The summed E-state index contributed by atoms with van der Waals surface area (Å²) in [6, 6.07) is 2.97. The van der Waals surface area contributed by atoms with Gasteiger partial charge in [0.05, 0.1) is 16.3 Å². The molecule has 0 saturated heterocycles. The summed E-state index contributed by atoms with van der Waals surface area (Å²) in [4.78, 5) is 35.6. The fourth-order valence-corrected chi connectivity index (χ4v) is 3.68. The van der Waals surface area contributed by atoms with Gasteiger partial charge in [-0.1, -0.05) is 11.3 Å². The van der Waals surface area contributed by atoms with Gasteiger partial charge in [0.15, 0.2) is 0 Å². The van der Waals surface area contributed by atoms with Gasteiger partial charge in [0, 0.05) is 24.7 Å². The number of nitrogens with zero attached hydrogens (tertiary/aromatic N) is 2. The minimum Gasteiger partial charge on any atom is -0.480 e. The molecule has 9 heteroatoms. The molecular formula is C15H19N3O5S. The lowest BCUT2D eigenvalue weighted by Crippen LogP contribution is -2.55. The molecule has 0 unspecified atom stereocenters. The van der Waals surface area contributed by atoms with Crippen molar-refractivity contribution in [1.29, 1.82) is 0 Å². The topological polar surface area (TPSA) is 113 Å². The van der Waals surface area contributed by atoms with E-state index >= 15 is 0 Å². The number of aliphatic carboxylic acids is 1. The second-order valence-corrected chi connectivity index (χ2v) is 7.52. The van der Waals surface area contributed by atoms with Crippen LogP contribution in [0.15, 0.2) is 12.1 Å². The van der Waals surface area contributed by atoms with Crippen LogP contribution < -0.4 is 5.32 Å². The second kappa shape index (κ2) is 6.86. The van der Waals surface area contributed by atoms with Crippen LogP contribution in [0, 0.1) is 16.0 Å². The predicted molar refractivity (Wildman–Crippen MR) is 87.2 cm³/mol. The molecule has 8 nitrogen and oxygen atoms in total. The molecule has 130 valence electrons. The van der Waals surface area contributed by atoms with Crippen molar-refractivity contribution >= 4 is 28.2 Å². The van der Waals surface area contributed by atoms with E-state index in [-0.39, 0.29) is 29.5 Å². The molecule has 2 N–H and O–H groups in total. The van der Waals surface area contributed by atoms with E-state index in [1.54, 1.807) is 0 Å². The molecule has 0 bridgehead atoms. The zero-order chi connectivity index (χ0) is 17.3. The maximum absolute atomic E-state index is 12.1. The van der Waals surface area contributed by atoms with Crippen LogP contribution in [0.4, 0.5) is 5.00 Å². The van der Waals surface area contributed by atoms with Crippen molar-refractivity contribution in [2.24, 2.45) is 5.92 Å². The van der Waals surface area contributed by atoms with E-state index in [1.807, 2.05) is 4.90 Å². The average molecular weight is 353 g/mol. The molecule has 24 heavy (non-hydrogen) atoms. The van der Waals surface area contributed by atoms with Crippen LogP contribution in [0.1, 0.15) is 35.4 Å². The number of carbonyl (C=O) groups is 2. The molecule has 0 radical (unpaired) electrons. The van der Waals surface area contributed by atoms with Gasteiger partial charge in [-0.25, -0.2) is 0 Å². The summed E-state index contributed by atoms with van der Waals surface area (Å²) < 4.78 is 0. The van der Waals surface area contributed by atoms with Gasteiger partial charge >= 0.3 is 11.0 Å². The molecule has 0 aromatic carbocycles. The molecule has 2 aliphatic carbocycles. The van der Waals surface area contributed by atoms with Gasteiger partial charge in [0.1, 0.15) is 0 Å². The Hall–Kier alpha value is -2.00. The Morgan fingerprint density at radius 1 is 1.38 bits per heavy atom. The maximum Gasteiger partial charge on any atom is 0.324 e. The third kappa shape index (κ3) is 4.09. The van der Waals surface area contributed by atoms with Crippen molar-refractivity contribution in [3.63, 3.8) is 0 Å². The SMILES string of the molecule is O=C(O)CN(CC1CC1)C1CC(NC(=O)c2ccc([N+](=O)[O-])s2)C1. The Balaban J connectivity index is 1.48. The quantitative estimate of drug-likeness (QED) is 0.543. The summed E-state index contributed by atoms with van der Waals surface area (Å²) in [5, 5.41) is 22.5. The molecule has 2 fully saturated rings. The normalized spacial score (nSPS) is 22.9. The third-order valence-electron chi connectivity index (χ3n) is 4.49. The van der Waals surface area contributed by atoms with E-state index in [9.17, 15) is 19.7 Å². The Morgan fingerprint density at radius 3 is 2.62 bits per heavy atom. The van der Waals surface area contributed by atoms with Crippen molar-refractivity contribution in [2.45, 2.75) is 37.8 Å². The summed E-state index contributed by atoms with van der Waals surface area (Å²) in [6.45, 7) is 0.855. The highest BCUT2D eigenvalue weighted by atomic mass is 32.1. The number of thiophene rings is 1. The van der Waals surface area contributed by atoms with Crippen LogP contribution in [0.2, 0.25) is 0 Å². The molecule has 1 aromatic rings. The highest BCUT2D eigenvalue weighted by Crippen LogP contribution is 2.34. The van der Waals surface area contributed by atoms with Crippen molar-refractivity contribution in [2.75, 3.05) is 13.1 Å². The predicted octanol–water partition coefficient (Wildman–Crippen LogP) is 1.71. The average Bonchev–Trinajstić information content (AvgIpc) is 3.13. The fraction of sp³-hybridized carbons (Fsp3) is 0.600. The zero-order valence-electron chi connectivity index (χ0n) is 13.0. The number of rotatable bonds is 8. The van der Waals surface area contributed by atoms with Gasteiger partial charge in [-0.3, -0.25) is 24.6 Å². The number of carbonyl (C=O) groups excluding carboxylic acids is 1. The summed E-state index contributed by atoms with van der Waals surface area (Å²) in [7, 11) is 0. The smallest absolute Gasteiger partial charge is 0.324 e. The van der Waals surface area contributed by atoms with Crippen LogP contribution >= 0.6 is 11.3 Å². The van der Waals surface area contributed by atoms with E-state index in [1.165, 1.54) is 25.0 Å². The van der Waals surface area contributed by atoms with Crippen molar-refractivity contribution in [3.05, 3.63) is 27.1 Å². The lowest BCUT2D eigenvalue weighted by atomic mass is 9.85. The Morgan fingerprint density at radius 2 is 2.08 bits per heavy atom. The Labute approximate surface area is 142 Å². The number of nitrogens with one attached hydrogen (secondary N) is 1. The molecule has 0 aliphatic heterocycles. The zero-order valence-corrected chi connectivity index (χ0v) is 13.8. The maximum atomic E-state index is 12.1. The number of carboxylic acid groups (broad SMARTS) is 1. The lowest BCUT2D eigenvalue weighted by molar-refractivity contribution is -0.380. The first-order valence-corrected chi connectivity index (χ1v) is 8.75. The highest BCUT2D eigenvalue weighted by Gasteiger charge is 2.38. The van der Waals surface area contributed by atoms with Gasteiger partial charge in [-0.05, 0) is 37.7 Å². The number of carboxylic acids is 1. The van der Waals surface area contributed by atoms with E-state index in [2.05, 4.69) is 5.32 Å². The van der Waals surface area contributed by atoms with Crippen LogP contribution in [0.3, 0.4) is 0 Å². The van der Waals surface area contributed by atoms with Gasteiger partial charge in [-0.2, -0.15) is 0 Å². The number of amides is 1. The van der Waals surface area contributed by atoms with E-state index in [0.717, 1.165) is 30.7 Å². The monoisotopic (exact) mass is 353 g/mol. The van der Waals surface area contributed by atoms with Crippen molar-refractivity contribution in [1.82, 2.24) is 10.2 Å². The molecule has 1 amide bonds. The molecule has 2 saturated carbocycles. The van der Waals surface area contributed by atoms with Gasteiger partial charge in [0.25, 0.3) is 5.91 Å². The van der Waals surface area contributed by atoms with E-state index in [4.69, 9.17) is 5.11 Å². The van der Waals surface area contributed by atoms with Gasteiger partial charge < -0.3 is 10.4 Å². The van der Waals surface area contributed by atoms with Crippen LogP contribution in [-0.4, -0.2) is 52.0 Å². The van der Waals surface area contributed by atoms with Crippen molar-refractivity contribution < 1.29 is 19.6 Å². The highest BCUT2D eigenvalue weighted by molar-refractivity contribution is 7.17. The van der Waals surface area contributed by atoms with Gasteiger partial charge in [0.2, 0.25) is 0 Å². The molecule has 1 aromatic heterocycles. The second-order valence-electron chi connectivity index (χ2n) is 6.46. The molecule has 2 aliphatic rings. The molecule has 0 spiro atoms. The number of nitro groups is 1. The summed E-state index contributed by atoms with van der Waals surface area (Å²) in [6.07, 6.45) is 3.78. The first-order chi connectivity index (χ1) is 11.4. The number of hydrogen-bond acceptors (Lipinski definition) is 6. The first-order valence-electron chi connectivity index (χ1n) is 7.93. The minimum absolute atomic E-state index is 0.000783. The van der Waals surface area contributed by atoms with E-state index < -0.39 is 10.9 Å². The summed E-state index contributed by atoms with van der Waals surface area (Å²) in [5.41, 5.74) is 0. The summed E-state index contributed by atoms with van der Waals surface area (Å²) in [5.74, 6) is -0.512. The Bertz CT molecular complexity index is 651. The molecular weight excluding hydrogens is 334 g/mol. The van der Waals surface area contributed by atoms with Crippen LogP contribution in [0.5, 0.6) is 0 Å². The molecule has 3 rings (SSSR count). The Kier molecular flexibility index (Phi) is 4.81.